The van der Waals surface area contributed by atoms with Crippen LogP contribution in [0.5, 0.6) is 5.75 Å². The first-order valence-corrected chi connectivity index (χ1v) is 16.4. The van der Waals surface area contributed by atoms with Crippen molar-refractivity contribution in [3.8, 4) is 5.75 Å². The number of imide groups is 1. The number of fused-ring (bicyclic) bond motifs is 4. The van der Waals surface area contributed by atoms with Crippen molar-refractivity contribution in [2.24, 2.45) is 23.7 Å². The molecule has 2 saturated heterocycles. The van der Waals surface area contributed by atoms with Gasteiger partial charge in [0.05, 0.1) is 23.6 Å². The summed E-state index contributed by atoms with van der Waals surface area (Å²) >= 11 is 0. The number of aromatic hydroxyl groups is 1. The van der Waals surface area contributed by atoms with Gasteiger partial charge in [0.2, 0.25) is 11.8 Å². The minimum Gasteiger partial charge on any atom is -0.507 e. The third kappa shape index (κ3) is 5.95. The fourth-order valence-electron chi connectivity index (χ4n) is 7.89. The zero-order chi connectivity index (χ0) is 32.7. The van der Waals surface area contributed by atoms with E-state index in [0.29, 0.717) is 18.5 Å². The zero-order valence-electron chi connectivity index (χ0n) is 26.6. The highest BCUT2D eigenvalue weighted by Crippen LogP contribution is 2.52. The molecule has 46 heavy (non-hydrogen) atoms. The Morgan fingerprint density at radius 2 is 1.78 bits per heavy atom. The van der Waals surface area contributed by atoms with Crippen molar-refractivity contribution in [3.63, 3.8) is 0 Å². The normalized spacial score (nSPS) is 23.4. The molecule has 238 valence electrons. The lowest BCUT2D eigenvalue weighted by Gasteiger charge is -2.44. The van der Waals surface area contributed by atoms with E-state index in [4.69, 9.17) is 4.65 Å². The lowest BCUT2D eigenvalue weighted by molar-refractivity contribution is -0.122. The molecule has 3 aromatic rings. The van der Waals surface area contributed by atoms with Crippen molar-refractivity contribution in [3.05, 3.63) is 82.9 Å². The fourth-order valence-corrected chi connectivity index (χ4v) is 7.89. The molecule has 3 aromatic carbocycles. The van der Waals surface area contributed by atoms with E-state index >= 15 is 0 Å². The Kier molecular flexibility index (Phi) is 9.26. The van der Waals surface area contributed by atoms with Crippen LogP contribution in [0.1, 0.15) is 58.4 Å². The summed E-state index contributed by atoms with van der Waals surface area (Å²) < 4.78 is 6.24. The summed E-state index contributed by atoms with van der Waals surface area (Å²) in [6, 6.07) is 17.7. The van der Waals surface area contributed by atoms with E-state index in [0.717, 1.165) is 46.7 Å². The molecule has 10 heteroatoms. The average molecular weight is 621 g/mol. The second-order valence-electron chi connectivity index (χ2n) is 13.2. The van der Waals surface area contributed by atoms with Crippen LogP contribution in [0.15, 0.2) is 77.4 Å². The van der Waals surface area contributed by atoms with Crippen LogP contribution in [0.25, 0.3) is 16.8 Å². The molecule has 0 bridgehead atoms. The quantitative estimate of drug-likeness (QED) is 0.153. The molecule has 0 unspecified atom stereocenters. The van der Waals surface area contributed by atoms with E-state index in [1.165, 1.54) is 22.6 Å². The molecule has 4 atom stereocenters. The molecule has 0 saturated carbocycles. The Labute approximate surface area is 270 Å². The number of carbonyl (C=O) groups excluding carboxylic acids is 2. The molecule has 2 fully saturated rings. The second kappa shape index (κ2) is 13.2. The summed E-state index contributed by atoms with van der Waals surface area (Å²) in [5, 5.41) is 42.6. The Bertz CT molecular complexity index is 1720. The van der Waals surface area contributed by atoms with Gasteiger partial charge >= 0.3 is 14.2 Å². The number of nitrogens with zero attached hydrogens (tertiary/aromatic N) is 1. The minimum atomic E-state index is -1.72. The topological polar surface area (TPSA) is 128 Å². The van der Waals surface area contributed by atoms with Crippen molar-refractivity contribution >= 4 is 54.0 Å². The summed E-state index contributed by atoms with van der Waals surface area (Å²) in [7, 11) is -2.78. The monoisotopic (exact) mass is 621 g/mol. The maximum atomic E-state index is 14.1. The van der Waals surface area contributed by atoms with Crippen molar-refractivity contribution in [1.29, 1.82) is 0 Å². The van der Waals surface area contributed by atoms with Crippen LogP contribution < -0.4 is 10.4 Å². The number of hydrogen-bond donors (Lipinski definition) is 4. The lowest BCUT2D eigenvalue weighted by atomic mass is 9.57. The zero-order valence-corrected chi connectivity index (χ0v) is 26.6. The van der Waals surface area contributed by atoms with Gasteiger partial charge in [0, 0.05) is 5.39 Å². The highest BCUT2D eigenvalue weighted by molar-refractivity contribution is 6.58. The van der Waals surface area contributed by atoms with E-state index in [1.54, 1.807) is 18.2 Å². The maximum Gasteiger partial charge on any atom is 0.488 e. The number of rotatable bonds is 9. The second-order valence-corrected chi connectivity index (χ2v) is 13.2. The Hall–Kier alpha value is -3.69. The van der Waals surface area contributed by atoms with Crippen LogP contribution in [0.2, 0.25) is 6.32 Å². The van der Waals surface area contributed by atoms with Gasteiger partial charge in [-0.15, -0.1) is 0 Å². The molecule has 0 spiro atoms. The number of anilines is 1. The van der Waals surface area contributed by atoms with Crippen molar-refractivity contribution in [2.75, 3.05) is 4.90 Å². The van der Waals surface area contributed by atoms with E-state index < -0.39 is 32.2 Å². The third-order valence-electron chi connectivity index (χ3n) is 9.96. The van der Waals surface area contributed by atoms with Gasteiger partial charge in [-0.25, -0.2) is 0 Å². The van der Waals surface area contributed by atoms with E-state index in [1.807, 2.05) is 30.3 Å². The maximum absolute atomic E-state index is 14.1. The van der Waals surface area contributed by atoms with Crippen LogP contribution in [0.4, 0.5) is 5.69 Å². The molecular formula is C36H41B2NO7. The average Bonchev–Trinajstić information content (AvgIpc) is 3.29. The van der Waals surface area contributed by atoms with Gasteiger partial charge in [-0.05, 0) is 84.0 Å². The lowest BCUT2D eigenvalue weighted by Crippen LogP contribution is -2.46. The first-order valence-electron chi connectivity index (χ1n) is 16.4. The van der Waals surface area contributed by atoms with Crippen LogP contribution in [0.3, 0.4) is 0 Å². The summed E-state index contributed by atoms with van der Waals surface area (Å²) in [4.78, 5) is 29.1. The van der Waals surface area contributed by atoms with Crippen LogP contribution in [-0.2, 0) is 14.2 Å². The van der Waals surface area contributed by atoms with Gasteiger partial charge in [0.25, 0.3) is 0 Å². The number of hydrogen-bond acceptors (Lipinski definition) is 7. The molecule has 8 nitrogen and oxygen atoms in total. The van der Waals surface area contributed by atoms with E-state index in [2.05, 4.69) is 26.8 Å². The van der Waals surface area contributed by atoms with Gasteiger partial charge < -0.3 is 24.8 Å². The fraction of sp³-hybridized carbons (Fsp3) is 0.389. The molecule has 4 N–H and O–H groups in total. The minimum absolute atomic E-state index is 0.124. The highest BCUT2D eigenvalue weighted by atomic mass is 16.5. The van der Waals surface area contributed by atoms with Gasteiger partial charge in [-0.1, -0.05) is 86.9 Å². The van der Waals surface area contributed by atoms with Crippen molar-refractivity contribution < 1.29 is 34.4 Å². The first kappa shape index (κ1) is 32.3. The standard InChI is InChI=1S/C36H41B2NO7/c1-4-8-22(17-23-14-15-31(40)27-12-6-5-11-26(23)27)13-16-32-33-28(21(2)3)19-29-34(30(33)20-37(43)46-32)36(42)39(35(29)41)25-10-7-9-24(18-25)38(44)45/h5-7,9-12,14-15,17-18,21,29-30,32,34,40,43-45H,4,8,13,16,19-20H2,1-3H3/b22-17+/t29-,30+,32-,34-/m1/s1. The van der Waals surface area contributed by atoms with Crippen molar-refractivity contribution in [2.45, 2.75) is 65.3 Å². The molecule has 2 amide bonds. The summed E-state index contributed by atoms with van der Waals surface area (Å²) in [6.07, 6.45) is 5.69. The van der Waals surface area contributed by atoms with Gasteiger partial charge in [-0.2, -0.15) is 0 Å². The number of phenols is 1. The van der Waals surface area contributed by atoms with Crippen LogP contribution in [-0.4, -0.2) is 52.3 Å². The highest BCUT2D eigenvalue weighted by Gasteiger charge is 2.57. The van der Waals surface area contributed by atoms with Crippen LogP contribution >= 0.6 is 0 Å². The summed E-state index contributed by atoms with van der Waals surface area (Å²) in [6.45, 7) is 6.35. The largest absolute Gasteiger partial charge is 0.507 e. The van der Waals surface area contributed by atoms with Crippen molar-refractivity contribution in [1.82, 2.24) is 0 Å². The number of amides is 2. The molecular weight excluding hydrogens is 580 g/mol. The molecule has 0 aromatic heterocycles. The third-order valence-corrected chi connectivity index (χ3v) is 9.96. The van der Waals surface area contributed by atoms with E-state index in [-0.39, 0.29) is 41.2 Å². The summed E-state index contributed by atoms with van der Waals surface area (Å²) in [5.74, 6) is -1.74. The molecule has 0 radical (unpaired) electrons. The van der Waals surface area contributed by atoms with E-state index in [9.17, 15) is 29.8 Å². The smallest absolute Gasteiger partial charge is 0.488 e. The SMILES string of the molecule is CCC/C(=C\c1ccc(O)c2ccccc12)CC[C@H]1OB(O)C[C@H]2C1=C(C(C)C)C[C@H]1C(=O)N(c3cccc(B(O)O)c3)C(=O)[C@H]12. The Balaban J connectivity index is 1.31. The summed E-state index contributed by atoms with van der Waals surface area (Å²) in [5.41, 5.74) is 4.97. The number of allylic oxidation sites excluding steroid dienone is 2. The number of carbonyl (C=O) groups is 2. The molecule has 2 aliphatic heterocycles. The number of phenolic OH excluding ortho intramolecular Hbond substituents is 1. The Morgan fingerprint density at radius 1 is 1.02 bits per heavy atom. The van der Waals surface area contributed by atoms with Gasteiger partial charge in [0.15, 0.2) is 0 Å². The van der Waals surface area contributed by atoms with Gasteiger partial charge in [-0.3, -0.25) is 14.5 Å². The predicted octanol–water partition coefficient (Wildman–Crippen LogP) is 4.85. The molecule has 1 aliphatic carbocycles. The first-order chi connectivity index (χ1) is 22.1. The van der Waals surface area contributed by atoms with Gasteiger partial charge in [0.1, 0.15) is 5.75 Å². The Morgan fingerprint density at radius 3 is 2.50 bits per heavy atom. The molecule has 2 heterocycles. The molecule has 3 aliphatic rings. The number of benzene rings is 3. The van der Waals surface area contributed by atoms with Crippen LogP contribution in [0, 0.1) is 23.7 Å². The predicted molar refractivity (Wildman–Crippen MR) is 181 cm³/mol. The molecule has 6 rings (SSSR count).